The van der Waals surface area contributed by atoms with Crippen LogP contribution in [-0.2, 0) is 18.3 Å². The summed E-state index contributed by atoms with van der Waals surface area (Å²) in [5.74, 6) is 3.32. The van der Waals surface area contributed by atoms with E-state index < -0.39 is 0 Å². The Bertz CT molecular complexity index is 830. The number of hydrogen-bond donors (Lipinski definition) is 2. The molecule has 152 valence electrons. The molecule has 8 nitrogen and oxygen atoms in total. The highest BCUT2D eigenvalue weighted by Gasteiger charge is 2.23. The van der Waals surface area contributed by atoms with Gasteiger partial charge in [0.05, 0.1) is 18.2 Å². The highest BCUT2D eigenvalue weighted by Crippen LogP contribution is 2.31. The van der Waals surface area contributed by atoms with Crippen LogP contribution in [0.3, 0.4) is 0 Å². The van der Waals surface area contributed by atoms with Gasteiger partial charge in [-0.25, -0.2) is 4.99 Å². The summed E-state index contributed by atoms with van der Waals surface area (Å²) in [5.41, 5.74) is 0.834. The van der Waals surface area contributed by atoms with E-state index in [2.05, 4.69) is 26.9 Å². The third kappa shape index (κ3) is 4.81. The van der Waals surface area contributed by atoms with Crippen molar-refractivity contribution in [2.45, 2.75) is 45.4 Å². The van der Waals surface area contributed by atoms with Gasteiger partial charge in [0.2, 0.25) is 0 Å². The molecule has 0 saturated carbocycles. The van der Waals surface area contributed by atoms with Gasteiger partial charge in [0, 0.05) is 32.7 Å². The number of aryl methyl sites for hydroxylation is 1. The van der Waals surface area contributed by atoms with Crippen molar-refractivity contribution in [3.8, 4) is 5.75 Å². The number of aromatic nitrogens is 3. The molecular formula is C20H30N6O2. The molecule has 0 aliphatic carbocycles. The Balaban J connectivity index is 1.78. The molecular weight excluding hydrogens is 356 g/mol. The maximum Gasteiger partial charge on any atom is 0.192 e. The van der Waals surface area contributed by atoms with Crippen LogP contribution < -0.4 is 15.4 Å². The Morgan fingerprint density at radius 2 is 2.14 bits per heavy atom. The summed E-state index contributed by atoms with van der Waals surface area (Å²) in [6.45, 7) is 7.73. The Morgan fingerprint density at radius 3 is 2.86 bits per heavy atom. The first-order valence-electron chi connectivity index (χ1n) is 9.56. The lowest BCUT2D eigenvalue weighted by atomic mass is 10.0. The van der Waals surface area contributed by atoms with Crippen molar-refractivity contribution in [3.63, 3.8) is 0 Å². The third-order valence-corrected chi connectivity index (χ3v) is 5.06. The molecule has 1 atom stereocenters. The molecule has 2 heterocycles. The number of methoxy groups -OCH3 is 1. The summed E-state index contributed by atoms with van der Waals surface area (Å²) in [6, 6.07) is 8.25. The van der Waals surface area contributed by atoms with E-state index in [0.717, 1.165) is 29.4 Å². The summed E-state index contributed by atoms with van der Waals surface area (Å²) in [6.07, 6.45) is 0.869. The second-order valence-corrected chi connectivity index (χ2v) is 7.58. The third-order valence-electron chi connectivity index (χ3n) is 5.06. The van der Waals surface area contributed by atoms with E-state index in [1.165, 1.54) is 0 Å². The summed E-state index contributed by atoms with van der Waals surface area (Å²) in [5, 5.41) is 15.3. The van der Waals surface area contributed by atoms with Crippen LogP contribution in [0.25, 0.3) is 0 Å². The van der Waals surface area contributed by atoms with Gasteiger partial charge in [-0.1, -0.05) is 18.2 Å². The van der Waals surface area contributed by atoms with Crippen LogP contribution in [0.2, 0.25) is 0 Å². The molecule has 1 aliphatic rings. The quantitative estimate of drug-likeness (QED) is 0.584. The van der Waals surface area contributed by atoms with Crippen molar-refractivity contribution >= 4 is 5.96 Å². The number of rotatable bonds is 6. The van der Waals surface area contributed by atoms with E-state index in [0.29, 0.717) is 25.7 Å². The number of ether oxygens (including phenoxy) is 2. The first kappa shape index (κ1) is 20.1. The second-order valence-electron chi connectivity index (χ2n) is 7.58. The number of para-hydroxylation sites is 1. The van der Waals surface area contributed by atoms with E-state index in [4.69, 9.17) is 14.5 Å². The fourth-order valence-corrected chi connectivity index (χ4v) is 2.92. The molecule has 2 aromatic rings. The first-order valence-corrected chi connectivity index (χ1v) is 9.56. The van der Waals surface area contributed by atoms with Crippen molar-refractivity contribution in [1.82, 2.24) is 25.4 Å². The van der Waals surface area contributed by atoms with E-state index in [-0.39, 0.29) is 11.6 Å². The predicted octanol–water partition coefficient (Wildman–Crippen LogP) is 2.11. The summed E-state index contributed by atoms with van der Waals surface area (Å²) in [4.78, 5) is 4.75. The molecule has 0 radical (unpaired) electrons. The molecule has 1 unspecified atom stereocenters. The van der Waals surface area contributed by atoms with Crippen LogP contribution >= 0.6 is 0 Å². The van der Waals surface area contributed by atoms with E-state index in [1.54, 1.807) is 7.11 Å². The van der Waals surface area contributed by atoms with Gasteiger partial charge < -0.3 is 24.7 Å². The zero-order valence-corrected chi connectivity index (χ0v) is 17.3. The number of hydrogen-bond acceptors (Lipinski definition) is 5. The van der Waals surface area contributed by atoms with Crippen molar-refractivity contribution < 1.29 is 9.47 Å². The molecule has 2 N–H and O–H groups in total. The Morgan fingerprint density at radius 1 is 1.36 bits per heavy atom. The number of benzene rings is 1. The molecule has 1 aliphatic heterocycles. The SMILES string of the molecule is COC(C)(C)CNC(=NCc1nnc(C)n1C)NC1CCOc2ccccc21. The molecule has 0 spiro atoms. The second kappa shape index (κ2) is 8.60. The maximum atomic E-state index is 5.77. The van der Waals surface area contributed by atoms with Crippen molar-refractivity contribution in [3.05, 3.63) is 41.5 Å². The van der Waals surface area contributed by atoms with Gasteiger partial charge in [-0.05, 0) is 26.8 Å². The standard InChI is InChI=1S/C20H30N6O2/c1-14-24-25-18(26(14)4)12-21-19(22-13-20(2,3)27-5)23-16-10-11-28-17-9-7-6-8-15(16)17/h6-9,16H,10-13H2,1-5H3,(H2,21,22,23). The van der Waals surface area contributed by atoms with Gasteiger partial charge in [0.15, 0.2) is 11.8 Å². The van der Waals surface area contributed by atoms with Crippen LogP contribution in [0.5, 0.6) is 5.75 Å². The highest BCUT2D eigenvalue weighted by atomic mass is 16.5. The average molecular weight is 387 g/mol. The predicted molar refractivity (Wildman–Crippen MR) is 108 cm³/mol. The van der Waals surface area contributed by atoms with Gasteiger partial charge in [-0.2, -0.15) is 0 Å². The van der Waals surface area contributed by atoms with Gasteiger partial charge in [0.25, 0.3) is 0 Å². The molecule has 28 heavy (non-hydrogen) atoms. The smallest absolute Gasteiger partial charge is 0.192 e. The number of nitrogens with zero attached hydrogens (tertiary/aromatic N) is 4. The zero-order valence-electron chi connectivity index (χ0n) is 17.3. The zero-order chi connectivity index (χ0) is 20.1. The molecule has 0 saturated heterocycles. The summed E-state index contributed by atoms with van der Waals surface area (Å²) >= 11 is 0. The molecule has 3 rings (SSSR count). The molecule has 1 aromatic carbocycles. The van der Waals surface area contributed by atoms with Crippen LogP contribution in [0.1, 0.15) is 43.5 Å². The number of aliphatic imine (C=N–C) groups is 1. The van der Waals surface area contributed by atoms with Gasteiger partial charge in [0.1, 0.15) is 18.1 Å². The molecule has 1 aromatic heterocycles. The van der Waals surface area contributed by atoms with E-state index in [9.17, 15) is 0 Å². The molecule has 0 bridgehead atoms. The van der Waals surface area contributed by atoms with E-state index >= 15 is 0 Å². The number of guanidine groups is 1. The minimum absolute atomic E-state index is 0.128. The first-order chi connectivity index (χ1) is 13.4. The largest absolute Gasteiger partial charge is 0.493 e. The van der Waals surface area contributed by atoms with Crippen LogP contribution in [0.15, 0.2) is 29.3 Å². The van der Waals surface area contributed by atoms with Crippen LogP contribution in [0.4, 0.5) is 0 Å². The highest BCUT2D eigenvalue weighted by molar-refractivity contribution is 5.80. The van der Waals surface area contributed by atoms with Crippen molar-refractivity contribution in [1.29, 1.82) is 0 Å². The lowest BCUT2D eigenvalue weighted by Crippen LogP contribution is -2.47. The lowest BCUT2D eigenvalue weighted by Gasteiger charge is -2.30. The Hall–Kier alpha value is -2.61. The van der Waals surface area contributed by atoms with Crippen molar-refractivity contribution in [2.75, 3.05) is 20.3 Å². The van der Waals surface area contributed by atoms with Crippen LogP contribution in [-0.4, -0.2) is 46.6 Å². The maximum absolute atomic E-state index is 5.77. The summed E-state index contributed by atoms with van der Waals surface area (Å²) < 4.78 is 13.2. The Labute approximate surface area is 166 Å². The topological polar surface area (TPSA) is 85.6 Å². The average Bonchev–Trinajstić information content (AvgIpc) is 3.02. The lowest BCUT2D eigenvalue weighted by molar-refractivity contribution is 0.0267. The van der Waals surface area contributed by atoms with Crippen molar-refractivity contribution in [2.24, 2.45) is 12.0 Å². The van der Waals surface area contributed by atoms with Gasteiger partial charge in [-0.3, -0.25) is 0 Å². The molecule has 0 amide bonds. The Kier molecular flexibility index (Phi) is 6.18. The van der Waals surface area contributed by atoms with Crippen LogP contribution in [0, 0.1) is 6.92 Å². The fourth-order valence-electron chi connectivity index (χ4n) is 2.92. The number of fused-ring (bicyclic) bond motifs is 1. The van der Waals surface area contributed by atoms with Gasteiger partial charge >= 0.3 is 0 Å². The monoisotopic (exact) mass is 386 g/mol. The molecule has 8 heteroatoms. The summed E-state index contributed by atoms with van der Waals surface area (Å²) in [7, 11) is 3.66. The van der Waals surface area contributed by atoms with Gasteiger partial charge in [-0.15, -0.1) is 10.2 Å². The fraction of sp³-hybridized carbons (Fsp3) is 0.550. The van der Waals surface area contributed by atoms with E-state index in [1.807, 2.05) is 50.6 Å². The normalized spacial score (nSPS) is 17.0. The number of nitrogens with one attached hydrogen (secondary N) is 2. The molecule has 0 fully saturated rings. The minimum atomic E-state index is -0.308. The minimum Gasteiger partial charge on any atom is -0.493 e.